The fourth-order valence-corrected chi connectivity index (χ4v) is 2.68. The number of rotatable bonds is 5. The number of benzene rings is 1. The van der Waals surface area contributed by atoms with E-state index in [-0.39, 0.29) is 11.4 Å². The van der Waals surface area contributed by atoms with Crippen LogP contribution in [0.1, 0.15) is 0 Å². The van der Waals surface area contributed by atoms with E-state index in [0.717, 1.165) is 5.52 Å². The van der Waals surface area contributed by atoms with Gasteiger partial charge in [-0.2, -0.15) is 0 Å². The molecule has 1 aromatic carbocycles. The standard InChI is InChI=1S/C11H15N3O3S/c1-14-8-12-10-7-9(3-4-11(10)14)18(15,16)13-5-6-17-2/h3-4,7-8,13H,5-6H2,1-2H3. The largest absolute Gasteiger partial charge is 0.383 e. The third-order valence-electron chi connectivity index (χ3n) is 2.61. The molecule has 0 atom stereocenters. The number of fused-ring (bicyclic) bond motifs is 1. The van der Waals surface area contributed by atoms with Gasteiger partial charge in [0.25, 0.3) is 0 Å². The molecule has 0 aliphatic heterocycles. The lowest BCUT2D eigenvalue weighted by Gasteiger charge is -2.06. The lowest BCUT2D eigenvalue weighted by atomic mass is 10.3. The molecule has 0 bridgehead atoms. The summed E-state index contributed by atoms with van der Waals surface area (Å²) in [6.07, 6.45) is 1.65. The van der Waals surface area contributed by atoms with E-state index >= 15 is 0 Å². The first-order valence-electron chi connectivity index (χ1n) is 5.44. The normalized spacial score (nSPS) is 12.1. The fraction of sp³-hybridized carbons (Fsp3) is 0.364. The van der Waals surface area contributed by atoms with Crippen molar-refractivity contribution in [1.82, 2.24) is 14.3 Å². The van der Waals surface area contributed by atoms with Gasteiger partial charge >= 0.3 is 0 Å². The number of ether oxygens (including phenoxy) is 1. The van der Waals surface area contributed by atoms with E-state index in [4.69, 9.17) is 4.74 Å². The molecule has 1 aromatic heterocycles. The number of nitrogens with zero attached hydrogens (tertiary/aromatic N) is 2. The molecular weight excluding hydrogens is 254 g/mol. The minimum absolute atomic E-state index is 0.213. The topological polar surface area (TPSA) is 73.2 Å². The molecule has 0 unspecified atom stereocenters. The molecule has 2 aromatic rings. The van der Waals surface area contributed by atoms with Crippen LogP contribution in [0.25, 0.3) is 11.0 Å². The number of nitrogens with one attached hydrogen (secondary N) is 1. The van der Waals surface area contributed by atoms with Gasteiger partial charge in [0.05, 0.1) is 28.9 Å². The zero-order chi connectivity index (χ0) is 13.2. The number of sulfonamides is 1. The molecular formula is C11H15N3O3S. The Hall–Kier alpha value is -1.44. The van der Waals surface area contributed by atoms with E-state index in [2.05, 4.69) is 9.71 Å². The maximum absolute atomic E-state index is 12.0. The van der Waals surface area contributed by atoms with Crippen molar-refractivity contribution in [1.29, 1.82) is 0 Å². The van der Waals surface area contributed by atoms with Gasteiger partial charge in [-0.15, -0.1) is 0 Å². The van der Waals surface area contributed by atoms with Crippen LogP contribution >= 0.6 is 0 Å². The van der Waals surface area contributed by atoms with Crippen molar-refractivity contribution in [3.63, 3.8) is 0 Å². The molecule has 98 valence electrons. The van der Waals surface area contributed by atoms with E-state index in [1.807, 2.05) is 11.6 Å². The highest BCUT2D eigenvalue weighted by Crippen LogP contribution is 2.17. The number of hydrogen-bond acceptors (Lipinski definition) is 4. The fourth-order valence-electron chi connectivity index (χ4n) is 1.64. The van der Waals surface area contributed by atoms with E-state index in [1.165, 1.54) is 7.11 Å². The molecule has 0 spiro atoms. The van der Waals surface area contributed by atoms with Crippen molar-refractivity contribution < 1.29 is 13.2 Å². The highest BCUT2D eigenvalue weighted by Gasteiger charge is 2.14. The van der Waals surface area contributed by atoms with Gasteiger partial charge in [0.15, 0.2) is 0 Å². The first-order valence-corrected chi connectivity index (χ1v) is 6.92. The Labute approximate surface area is 106 Å². The Balaban J connectivity index is 2.30. The first kappa shape index (κ1) is 13.0. The maximum Gasteiger partial charge on any atom is 0.240 e. The zero-order valence-corrected chi connectivity index (χ0v) is 11.1. The third-order valence-corrected chi connectivity index (χ3v) is 4.06. The third kappa shape index (κ3) is 2.53. The predicted molar refractivity (Wildman–Crippen MR) is 67.8 cm³/mol. The molecule has 18 heavy (non-hydrogen) atoms. The van der Waals surface area contributed by atoms with Gasteiger partial charge < -0.3 is 9.30 Å². The summed E-state index contributed by atoms with van der Waals surface area (Å²) in [5, 5.41) is 0. The van der Waals surface area contributed by atoms with E-state index in [1.54, 1.807) is 24.5 Å². The summed E-state index contributed by atoms with van der Waals surface area (Å²) in [4.78, 5) is 4.35. The Kier molecular flexibility index (Phi) is 3.65. The van der Waals surface area contributed by atoms with Gasteiger partial charge in [-0.1, -0.05) is 0 Å². The molecule has 1 heterocycles. The molecule has 0 saturated heterocycles. The van der Waals surface area contributed by atoms with Crippen LogP contribution in [0.5, 0.6) is 0 Å². The number of aromatic nitrogens is 2. The predicted octanol–water partition coefficient (Wildman–Crippen LogP) is 0.498. The average Bonchev–Trinajstić information content (AvgIpc) is 2.71. The molecule has 0 fully saturated rings. The van der Waals surface area contributed by atoms with Gasteiger partial charge in [0.2, 0.25) is 10.0 Å². The smallest absolute Gasteiger partial charge is 0.240 e. The summed E-state index contributed by atoms with van der Waals surface area (Å²) in [5.41, 5.74) is 1.55. The van der Waals surface area contributed by atoms with Crippen LogP contribution in [-0.4, -0.2) is 38.2 Å². The lowest BCUT2D eigenvalue weighted by molar-refractivity contribution is 0.204. The van der Waals surface area contributed by atoms with Crippen LogP contribution in [0.3, 0.4) is 0 Å². The second-order valence-corrected chi connectivity index (χ2v) is 5.66. The molecule has 0 amide bonds. The minimum Gasteiger partial charge on any atom is -0.383 e. The van der Waals surface area contributed by atoms with Crippen molar-refractivity contribution in [3.05, 3.63) is 24.5 Å². The Morgan fingerprint density at radius 3 is 2.94 bits per heavy atom. The molecule has 0 aliphatic carbocycles. The molecule has 1 N–H and O–H groups in total. The monoisotopic (exact) mass is 269 g/mol. The van der Waals surface area contributed by atoms with Gasteiger partial charge in [-0.3, -0.25) is 0 Å². The quantitative estimate of drug-likeness (QED) is 0.802. The van der Waals surface area contributed by atoms with Crippen LogP contribution in [-0.2, 0) is 21.8 Å². The second kappa shape index (κ2) is 5.05. The number of imidazole rings is 1. The van der Waals surface area contributed by atoms with Crippen molar-refractivity contribution in [2.45, 2.75) is 4.90 Å². The van der Waals surface area contributed by atoms with E-state index in [9.17, 15) is 8.42 Å². The van der Waals surface area contributed by atoms with Crippen molar-refractivity contribution >= 4 is 21.1 Å². The molecule has 0 aliphatic rings. The van der Waals surface area contributed by atoms with Crippen molar-refractivity contribution in [2.75, 3.05) is 20.3 Å². The SMILES string of the molecule is COCCNS(=O)(=O)c1ccc2c(c1)ncn2C. The number of methoxy groups -OCH3 is 1. The Bertz CT molecular complexity index is 649. The van der Waals surface area contributed by atoms with Gasteiger partial charge in [-0.25, -0.2) is 18.1 Å². The zero-order valence-electron chi connectivity index (χ0n) is 10.3. The molecule has 2 rings (SSSR count). The van der Waals surface area contributed by atoms with Gasteiger partial charge in [0.1, 0.15) is 0 Å². The van der Waals surface area contributed by atoms with E-state index < -0.39 is 10.0 Å². The van der Waals surface area contributed by atoms with Crippen LogP contribution in [0, 0.1) is 0 Å². The van der Waals surface area contributed by atoms with Gasteiger partial charge in [0, 0.05) is 20.7 Å². The molecule has 7 heteroatoms. The van der Waals surface area contributed by atoms with Crippen molar-refractivity contribution in [2.24, 2.45) is 7.05 Å². The maximum atomic E-state index is 12.0. The average molecular weight is 269 g/mol. The Morgan fingerprint density at radius 2 is 2.22 bits per heavy atom. The van der Waals surface area contributed by atoms with E-state index in [0.29, 0.717) is 12.1 Å². The van der Waals surface area contributed by atoms with Crippen LogP contribution < -0.4 is 4.72 Å². The first-order chi connectivity index (χ1) is 8.54. The number of hydrogen-bond donors (Lipinski definition) is 1. The van der Waals surface area contributed by atoms with Crippen LogP contribution in [0.2, 0.25) is 0 Å². The molecule has 0 radical (unpaired) electrons. The highest BCUT2D eigenvalue weighted by molar-refractivity contribution is 7.89. The Morgan fingerprint density at radius 1 is 1.44 bits per heavy atom. The number of aryl methyl sites for hydroxylation is 1. The summed E-state index contributed by atoms with van der Waals surface area (Å²) in [6, 6.07) is 4.87. The van der Waals surface area contributed by atoms with Crippen LogP contribution in [0.15, 0.2) is 29.4 Å². The molecule has 6 nitrogen and oxygen atoms in total. The second-order valence-electron chi connectivity index (χ2n) is 3.90. The summed E-state index contributed by atoms with van der Waals surface area (Å²) >= 11 is 0. The summed E-state index contributed by atoms with van der Waals surface area (Å²) in [7, 11) is -0.110. The minimum atomic E-state index is -3.49. The lowest BCUT2D eigenvalue weighted by Crippen LogP contribution is -2.27. The summed E-state index contributed by atoms with van der Waals surface area (Å²) < 4.78 is 33.0. The van der Waals surface area contributed by atoms with Crippen LogP contribution in [0.4, 0.5) is 0 Å². The summed E-state index contributed by atoms with van der Waals surface area (Å²) in [5.74, 6) is 0. The van der Waals surface area contributed by atoms with Crippen molar-refractivity contribution in [3.8, 4) is 0 Å². The highest BCUT2D eigenvalue weighted by atomic mass is 32.2. The van der Waals surface area contributed by atoms with Gasteiger partial charge in [-0.05, 0) is 18.2 Å². The molecule has 0 saturated carbocycles. The summed E-state index contributed by atoms with van der Waals surface area (Å²) in [6.45, 7) is 0.587.